The van der Waals surface area contributed by atoms with Crippen molar-refractivity contribution in [1.29, 1.82) is 0 Å². The minimum atomic E-state index is -1.07. The maximum Gasteiger partial charge on any atom is 0.317 e. The monoisotopic (exact) mass is 191 g/mol. The largest absolute Gasteiger partial charge is 0.480 e. The number of rotatable bonds is 3. The van der Waals surface area contributed by atoms with Crippen LogP contribution >= 0.6 is 0 Å². The molecule has 0 spiro atoms. The van der Waals surface area contributed by atoms with Crippen LogP contribution in [0.3, 0.4) is 0 Å². The van der Waals surface area contributed by atoms with E-state index in [0.717, 1.165) is 0 Å². The van der Waals surface area contributed by atoms with Gasteiger partial charge in [-0.2, -0.15) is 0 Å². The summed E-state index contributed by atoms with van der Waals surface area (Å²) in [7, 11) is 0. The SMILES string of the molecule is O=C(O)CN1C[C@@H](O)[C@H](O)[C@H]1CO. The number of aliphatic hydroxyl groups excluding tert-OH is 3. The molecule has 0 aromatic heterocycles. The Balaban J connectivity index is 2.59. The van der Waals surface area contributed by atoms with E-state index in [4.69, 9.17) is 10.2 Å². The van der Waals surface area contributed by atoms with E-state index in [2.05, 4.69) is 0 Å². The van der Waals surface area contributed by atoms with Gasteiger partial charge in [0.25, 0.3) is 0 Å². The first-order valence-corrected chi connectivity index (χ1v) is 3.99. The molecule has 0 saturated carbocycles. The van der Waals surface area contributed by atoms with E-state index in [-0.39, 0.29) is 19.7 Å². The van der Waals surface area contributed by atoms with Crippen molar-refractivity contribution in [2.75, 3.05) is 19.7 Å². The minimum absolute atomic E-state index is 0.0820. The number of likely N-dealkylation sites (tertiary alicyclic amines) is 1. The van der Waals surface area contributed by atoms with Gasteiger partial charge in [-0.15, -0.1) is 0 Å². The average Bonchev–Trinajstić information content (AvgIpc) is 2.27. The summed E-state index contributed by atoms with van der Waals surface area (Å²) in [5, 5.41) is 35.8. The Labute approximate surface area is 75.0 Å². The molecule has 1 heterocycles. The first-order valence-electron chi connectivity index (χ1n) is 3.99. The third-order valence-corrected chi connectivity index (χ3v) is 2.20. The van der Waals surface area contributed by atoms with Gasteiger partial charge in [0.2, 0.25) is 0 Å². The van der Waals surface area contributed by atoms with Crippen LogP contribution in [0.2, 0.25) is 0 Å². The third-order valence-electron chi connectivity index (χ3n) is 2.20. The Bertz CT molecular complexity index is 197. The highest BCUT2D eigenvalue weighted by Gasteiger charge is 2.39. The quantitative estimate of drug-likeness (QED) is 0.392. The maximum atomic E-state index is 10.3. The maximum absolute atomic E-state index is 10.3. The van der Waals surface area contributed by atoms with Crippen molar-refractivity contribution >= 4 is 5.97 Å². The average molecular weight is 191 g/mol. The molecule has 1 aliphatic rings. The van der Waals surface area contributed by atoms with Crippen LogP contribution in [0.25, 0.3) is 0 Å². The number of β-amino-alcohol motifs (C(OH)–C–C–N with tert-alkyl or cyclic N) is 1. The fourth-order valence-corrected chi connectivity index (χ4v) is 1.54. The molecule has 0 aliphatic carbocycles. The molecule has 1 rings (SSSR count). The Morgan fingerprint density at radius 2 is 2.08 bits per heavy atom. The van der Waals surface area contributed by atoms with Crippen molar-refractivity contribution in [3.63, 3.8) is 0 Å². The van der Waals surface area contributed by atoms with Gasteiger partial charge in [0, 0.05) is 6.54 Å². The lowest BCUT2D eigenvalue weighted by Crippen LogP contribution is -2.41. The highest BCUT2D eigenvalue weighted by Crippen LogP contribution is 2.17. The van der Waals surface area contributed by atoms with E-state index in [1.807, 2.05) is 0 Å². The summed E-state index contributed by atoms with van der Waals surface area (Å²) >= 11 is 0. The fraction of sp³-hybridized carbons (Fsp3) is 0.857. The Morgan fingerprint density at radius 3 is 2.54 bits per heavy atom. The summed E-state index contributed by atoms with van der Waals surface area (Å²) in [6, 6.07) is -0.675. The summed E-state index contributed by atoms with van der Waals surface area (Å²) in [6.45, 7) is -0.552. The standard InChI is InChI=1S/C7H13NO5/c9-3-4-7(13)5(10)1-8(4)2-6(11)12/h4-5,7,9-10,13H,1-3H2,(H,11,12)/t4-,5-,7-/m1/s1. The first-order chi connectivity index (χ1) is 6.06. The van der Waals surface area contributed by atoms with Gasteiger partial charge in [0.1, 0.15) is 0 Å². The lowest BCUT2D eigenvalue weighted by molar-refractivity contribution is -0.138. The number of carboxylic acids is 1. The molecule has 3 atom stereocenters. The fourth-order valence-electron chi connectivity index (χ4n) is 1.54. The number of aliphatic carboxylic acids is 1. The van der Waals surface area contributed by atoms with Crippen LogP contribution < -0.4 is 0 Å². The van der Waals surface area contributed by atoms with Gasteiger partial charge in [0.05, 0.1) is 31.4 Å². The number of carbonyl (C=O) groups is 1. The van der Waals surface area contributed by atoms with Crippen molar-refractivity contribution < 1.29 is 25.2 Å². The molecular formula is C7H13NO5. The molecule has 0 aromatic carbocycles. The van der Waals surface area contributed by atoms with Gasteiger partial charge in [-0.1, -0.05) is 0 Å². The molecule has 13 heavy (non-hydrogen) atoms. The molecule has 0 bridgehead atoms. The molecule has 1 aliphatic heterocycles. The van der Waals surface area contributed by atoms with E-state index >= 15 is 0 Å². The lowest BCUT2D eigenvalue weighted by Gasteiger charge is -2.21. The zero-order valence-corrected chi connectivity index (χ0v) is 7.00. The van der Waals surface area contributed by atoms with Crippen LogP contribution in [0, 0.1) is 0 Å². The van der Waals surface area contributed by atoms with Crippen LogP contribution in [0.5, 0.6) is 0 Å². The zero-order valence-electron chi connectivity index (χ0n) is 7.00. The second kappa shape index (κ2) is 4.01. The lowest BCUT2D eigenvalue weighted by atomic mass is 10.1. The second-order valence-corrected chi connectivity index (χ2v) is 3.13. The summed E-state index contributed by atoms with van der Waals surface area (Å²) in [6.07, 6.45) is -2.04. The predicted molar refractivity (Wildman–Crippen MR) is 42.1 cm³/mol. The second-order valence-electron chi connectivity index (χ2n) is 3.13. The van der Waals surface area contributed by atoms with Crippen LogP contribution in [0.1, 0.15) is 0 Å². The van der Waals surface area contributed by atoms with E-state index in [1.165, 1.54) is 4.90 Å². The number of aliphatic hydroxyl groups is 3. The molecule has 6 nitrogen and oxygen atoms in total. The normalized spacial score (nSPS) is 35.2. The Morgan fingerprint density at radius 1 is 1.46 bits per heavy atom. The summed E-state index contributed by atoms with van der Waals surface area (Å²) in [5.41, 5.74) is 0. The third kappa shape index (κ3) is 2.16. The van der Waals surface area contributed by atoms with Crippen LogP contribution in [0.15, 0.2) is 0 Å². The van der Waals surface area contributed by atoms with Gasteiger partial charge in [-0.05, 0) is 0 Å². The summed E-state index contributed by atoms with van der Waals surface area (Å²) in [5.74, 6) is -1.04. The molecule has 1 fully saturated rings. The van der Waals surface area contributed by atoms with E-state index in [1.54, 1.807) is 0 Å². The number of nitrogens with zero attached hydrogens (tertiary/aromatic N) is 1. The molecule has 0 aromatic rings. The molecule has 0 amide bonds. The number of carboxylic acid groups (broad SMARTS) is 1. The predicted octanol–water partition coefficient (Wildman–Crippen LogP) is -2.53. The van der Waals surface area contributed by atoms with Crippen molar-refractivity contribution in [2.45, 2.75) is 18.2 Å². The Kier molecular flexibility index (Phi) is 3.21. The molecule has 1 saturated heterocycles. The van der Waals surface area contributed by atoms with Gasteiger partial charge in [0.15, 0.2) is 0 Å². The number of hydrogen-bond donors (Lipinski definition) is 4. The molecule has 0 radical (unpaired) electrons. The Hall–Kier alpha value is -0.690. The van der Waals surface area contributed by atoms with E-state index < -0.39 is 24.2 Å². The highest BCUT2D eigenvalue weighted by molar-refractivity contribution is 5.69. The molecule has 6 heteroatoms. The molecule has 0 unspecified atom stereocenters. The summed E-state index contributed by atoms with van der Waals surface area (Å²) in [4.78, 5) is 11.7. The molecule has 76 valence electrons. The summed E-state index contributed by atoms with van der Waals surface area (Å²) < 4.78 is 0. The zero-order chi connectivity index (χ0) is 10.0. The van der Waals surface area contributed by atoms with E-state index in [9.17, 15) is 15.0 Å². The van der Waals surface area contributed by atoms with Crippen LogP contribution in [-0.4, -0.2) is 69.2 Å². The van der Waals surface area contributed by atoms with Crippen molar-refractivity contribution in [2.24, 2.45) is 0 Å². The van der Waals surface area contributed by atoms with Gasteiger partial charge in [-0.3, -0.25) is 9.69 Å². The molecule has 4 N–H and O–H groups in total. The number of hydrogen-bond acceptors (Lipinski definition) is 5. The van der Waals surface area contributed by atoms with Crippen molar-refractivity contribution in [1.82, 2.24) is 4.90 Å². The minimum Gasteiger partial charge on any atom is -0.480 e. The van der Waals surface area contributed by atoms with Gasteiger partial charge >= 0.3 is 5.97 Å². The molecular weight excluding hydrogens is 178 g/mol. The van der Waals surface area contributed by atoms with Crippen LogP contribution in [0.4, 0.5) is 0 Å². The van der Waals surface area contributed by atoms with Gasteiger partial charge in [-0.25, -0.2) is 0 Å². The van der Waals surface area contributed by atoms with E-state index in [0.29, 0.717) is 0 Å². The van der Waals surface area contributed by atoms with Gasteiger partial charge < -0.3 is 20.4 Å². The highest BCUT2D eigenvalue weighted by atomic mass is 16.4. The smallest absolute Gasteiger partial charge is 0.317 e. The topological polar surface area (TPSA) is 101 Å². The van der Waals surface area contributed by atoms with Crippen molar-refractivity contribution in [3.05, 3.63) is 0 Å². The van der Waals surface area contributed by atoms with Crippen molar-refractivity contribution in [3.8, 4) is 0 Å². The first kappa shape index (κ1) is 10.4. The van der Waals surface area contributed by atoms with Crippen LogP contribution in [-0.2, 0) is 4.79 Å².